The van der Waals surface area contributed by atoms with Crippen molar-refractivity contribution in [3.8, 4) is 11.5 Å². The summed E-state index contributed by atoms with van der Waals surface area (Å²) in [5.74, 6) is 0.821. The van der Waals surface area contributed by atoms with Crippen LogP contribution in [-0.2, 0) is 13.5 Å². The minimum Gasteiger partial charge on any atom is -0.333 e. The Labute approximate surface area is 88.0 Å². The SMILES string of the molecule is Cn1ccnc1-c1cncc(CCN)n1. The minimum absolute atomic E-state index is 0.582. The van der Waals surface area contributed by atoms with Crippen LogP contribution in [0, 0.1) is 0 Å². The fourth-order valence-corrected chi connectivity index (χ4v) is 1.39. The van der Waals surface area contributed by atoms with Gasteiger partial charge in [-0.2, -0.15) is 0 Å². The largest absolute Gasteiger partial charge is 0.333 e. The van der Waals surface area contributed by atoms with Crippen LogP contribution in [0.25, 0.3) is 11.5 Å². The van der Waals surface area contributed by atoms with E-state index in [-0.39, 0.29) is 0 Å². The summed E-state index contributed by atoms with van der Waals surface area (Å²) in [5.41, 5.74) is 7.16. The molecule has 0 spiro atoms. The highest BCUT2D eigenvalue weighted by Gasteiger charge is 2.05. The predicted molar refractivity (Wildman–Crippen MR) is 57.0 cm³/mol. The first-order valence-corrected chi connectivity index (χ1v) is 4.80. The van der Waals surface area contributed by atoms with E-state index in [4.69, 9.17) is 5.73 Å². The van der Waals surface area contributed by atoms with Crippen LogP contribution in [-0.4, -0.2) is 26.1 Å². The van der Waals surface area contributed by atoms with Crippen molar-refractivity contribution in [1.29, 1.82) is 0 Å². The molecule has 2 aromatic heterocycles. The molecule has 0 amide bonds. The molecule has 0 saturated carbocycles. The van der Waals surface area contributed by atoms with Crippen LogP contribution < -0.4 is 5.73 Å². The van der Waals surface area contributed by atoms with Gasteiger partial charge in [0.1, 0.15) is 5.69 Å². The normalized spacial score (nSPS) is 10.5. The number of hydrogen-bond acceptors (Lipinski definition) is 4. The summed E-state index contributed by atoms with van der Waals surface area (Å²) in [7, 11) is 1.93. The van der Waals surface area contributed by atoms with Gasteiger partial charge in [0, 0.05) is 32.1 Å². The van der Waals surface area contributed by atoms with Gasteiger partial charge in [0.2, 0.25) is 0 Å². The van der Waals surface area contributed by atoms with E-state index in [0.717, 1.165) is 23.6 Å². The molecule has 0 aliphatic carbocycles. The lowest BCUT2D eigenvalue weighted by Crippen LogP contribution is -2.06. The third-order valence-electron chi connectivity index (χ3n) is 2.14. The Morgan fingerprint density at radius 1 is 1.40 bits per heavy atom. The highest BCUT2D eigenvalue weighted by atomic mass is 15.1. The van der Waals surface area contributed by atoms with Crippen molar-refractivity contribution in [2.24, 2.45) is 12.8 Å². The maximum Gasteiger partial charge on any atom is 0.159 e. The molecule has 0 radical (unpaired) electrons. The molecule has 5 heteroatoms. The second kappa shape index (κ2) is 4.18. The summed E-state index contributed by atoms with van der Waals surface area (Å²) < 4.78 is 1.91. The number of nitrogens with zero attached hydrogens (tertiary/aromatic N) is 4. The van der Waals surface area contributed by atoms with Crippen LogP contribution in [0.1, 0.15) is 5.69 Å². The third kappa shape index (κ3) is 2.02. The summed E-state index contributed by atoms with van der Waals surface area (Å²) in [6.45, 7) is 0.582. The van der Waals surface area contributed by atoms with Crippen LogP contribution in [0.15, 0.2) is 24.8 Å². The first-order chi connectivity index (χ1) is 7.31. The van der Waals surface area contributed by atoms with Crippen molar-refractivity contribution in [3.05, 3.63) is 30.5 Å². The van der Waals surface area contributed by atoms with Gasteiger partial charge < -0.3 is 10.3 Å². The van der Waals surface area contributed by atoms with Gasteiger partial charge in [-0.25, -0.2) is 9.97 Å². The Morgan fingerprint density at radius 2 is 2.27 bits per heavy atom. The van der Waals surface area contributed by atoms with E-state index >= 15 is 0 Å². The van der Waals surface area contributed by atoms with Gasteiger partial charge in [-0.15, -0.1) is 0 Å². The van der Waals surface area contributed by atoms with Crippen LogP contribution >= 0.6 is 0 Å². The second-order valence-corrected chi connectivity index (χ2v) is 3.30. The molecule has 0 aliphatic rings. The highest BCUT2D eigenvalue weighted by Crippen LogP contribution is 2.12. The van der Waals surface area contributed by atoms with Gasteiger partial charge in [0.25, 0.3) is 0 Å². The Morgan fingerprint density at radius 3 is 2.93 bits per heavy atom. The lowest BCUT2D eigenvalue weighted by Gasteiger charge is -2.02. The standard InChI is InChI=1S/C10H13N5/c1-15-5-4-13-10(15)9-7-12-6-8(14-9)2-3-11/h4-7H,2-3,11H2,1H3. The predicted octanol–water partition coefficient (Wildman–Crippen LogP) is 0.378. The van der Waals surface area contributed by atoms with Gasteiger partial charge in [-0.05, 0) is 6.54 Å². The molecule has 0 saturated heterocycles. The van der Waals surface area contributed by atoms with E-state index in [2.05, 4.69) is 15.0 Å². The Kier molecular flexibility index (Phi) is 2.73. The van der Waals surface area contributed by atoms with Crippen molar-refractivity contribution in [2.45, 2.75) is 6.42 Å². The summed E-state index contributed by atoms with van der Waals surface area (Å²) in [6, 6.07) is 0. The lowest BCUT2D eigenvalue weighted by atomic mass is 10.3. The van der Waals surface area contributed by atoms with E-state index < -0.39 is 0 Å². The van der Waals surface area contributed by atoms with Crippen molar-refractivity contribution in [3.63, 3.8) is 0 Å². The first kappa shape index (κ1) is 9.79. The van der Waals surface area contributed by atoms with Crippen LogP contribution in [0.3, 0.4) is 0 Å². The molecule has 2 rings (SSSR count). The molecule has 2 heterocycles. The zero-order chi connectivity index (χ0) is 10.7. The molecule has 78 valence electrons. The highest BCUT2D eigenvalue weighted by molar-refractivity contribution is 5.47. The summed E-state index contributed by atoms with van der Waals surface area (Å²) >= 11 is 0. The van der Waals surface area contributed by atoms with E-state index in [1.54, 1.807) is 18.6 Å². The number of nitrogens with two attached hydrogens (primary N) is 1. The maximum absolute atomic E-state index is 5.47. The third-order valence-corrected chi connectivity index (χ3v) is 2.14. The minimum atomic E-state index is 0.582. The number of aromatic nitrogens is 4. The second-order valence-electron chi connectivity index (χ2n) is 3.30. The summed E-state index contributed by atoms with van der Waals surface area (Å²) in [4.78, 5) is 12.8. The topological polar surface area (TPSA) is 69.6 Å². The van der Waals surface area contributed by atoms with Gasteiger partial charge in [0.05, 0.1) is 11.9 Å². The van der Waals surface area contributed by atoms with Crippen LogP contribution in [0.5, 0.6) is 0 Å². The number of aryl methyl sites for hydroxylation is 1. The molecular formula is C10H13N5. The molecular weight excluding hydrogens is 190 g/mol. The number of rotatable bonds is 3. The van der Waals surface area contributed by atoms with E-state index in [1.165, 1.54) is 0 Å². The zero-order valence-electron chi connectivity index (χ0n) is 8.59. The molecule has 0 unspecified atom stereocenters. The van der Waals surface area contributed by atoms with Crippen LogP contribution in [0.4, 0.5) is 0 Å². The average Bonchev–Trinajstić information content (AvgIpc) is 2.65. The molecule has 15 heavy (non-hydrogen) atoms. The van der Waals surface area contributed by atoms with E-state index in [9.17, 15) is 0 Å². The van der Waals surface area contributed by atoms with Crippen molar-refractivity contribution in [1.82, 2.24) is 19.5 Å². The fourth-order valence-electron chi connectivity index (χ4n) is 1.39. The maximum atomic E-state index is 5.47. The number of imidazole rings is 1. The molecule has 2 aromatic rings. The quantitative estimate of drug-likeness (QED) is 0.782. The molecule has 2 N–H and O–H groups in total. The summed E-state index contributed by atoms with van der Waals surface area (Å²) in [6.07, 6.45) is 7.81. The monoisotopic (exact) mass is 203 g/mol. The van der Waals surface area contributed by atoms with Crippen molar-refractivity contribution in [2.75, 3.05) is 6.54 Å². The van der Waals surface area contributed by atoms with E-state index in [1.807, 2.05) is 17.8 Å². The molecule has 5 nitrogen and oxygen atoms in total. The Bertz CT molecular complexity index is 449. The van der Waals surface area contributed by atoms with Gasteiger partial charge in [-0.1, -0.05) is 0 Å². The fraction of sp³-hybridized carbons (Fsp3) is 0.300. The molecule has 0 atom stereocenters. The van der Waals surface area contributed by atoms with Crippen LogP contribution in [0.2, 0.25) is 0 Å². The Balaban J connectivity index is 2.37. The van der Waals surface area contributed by atoms with E-state index in [0.29, 0.717) is 6.54 Å². The molecule has 0 bridgehead atoms. The lowest BCUT2D eigenvalue weighted by molar-refractivity contribution is 0.885. The van der Waals surface area contributed by atoms with Gasteiger partial charge in [0.15, 0.2) is 5.82 Å². The molecule has 0 aromatic carbocycles. The molecule has 0 aliphatic heterocycles. The smallest absolute Gasteiger partial charge is 0.159 e. The average molecular weight is 203 g/mol. The first-order valence-electron chi connectivity index (χ1n) is 4.80. The molecule has 0 fully saturated rings. The zero-order valence-corrected chi connectivity index (χ0v) is 8.59. The number of hydrogen-bond donors (Lipinski definition) is 1. The summed E-state index contributed by atoms with van der Waals surface area (Å²) in [5, 5.41) is 0. The van der Waals surface area contributed by atoms with Gasteiger partial charge in [-0.3, -0.25) is 4.98 Å². The van der Waals surface area contributed by atoms with Crippen molar-refractivity contribution >= 4 is 0 Å². The van der Waals surface area contributed by atoms with Crippen molar-refractivity contribution < 1.29 is 0 Å². The Hall–Kier alpha value is -1.75. The van der Waals surface area contributed by atoms with Gasteiger partial charge >= 0.3 is 0 Å².